The van der Waals surface area contributed by atoms with E-state index in [1.165, 1.54) is 22.4 Å². The fourth-order valence-corrected chi connectivity index (χ4v) is 8.23. The molecule has 6 heteroatoms. The van der Waals surface area contributed by atoms with Gasteiger partial charge in [0.1, 0.15) is 6.10 Å². The van der Waals surface area contributed by atoms with Gasteiger partial charge in [-0.1, -0.05) is 85.6 Å². The number of ether oxygens (including phenoxy) is 1. The number of pyridine rings is 1. The van der Waals surface area contributed by atoms with Gasteiger partial charge in [0, 0.05) is 35.0 Å². The molecule has 3 nitrogen and oxygen atoms in total. The van der Waals surface area contributed by atoms with Crippen LogP contribution in [0.1, 0.15) is 145 Å². The van der Waals surface area contributed by atoms with Crippen LogP contribution in [0.4, 0.5) is 8.78 Å². The molecule has 1 aromatic carbocycles. The predicted molar refractivity (Wildman–Crippen MR) is 161 cm³/mol. The average molecular weight is 570 g/mol. The molecule has 2 heterocycles. The molecule has 1 fully saturated rings. The lowest BCUT2D eigenvalue weighted by Gasteiger charge is -2.45. The summed E-state index contributed by atoms with van der Waals surface area (Å²) in [6, 6.07) is 6.80. The van der Waals surface area contributed by atoms with Gasteiger partial charge in [0.2, 0.25) is 0 Å². The van der Waals surface area contributed by atoms with E-state index in [1.807, 2.05) is 12.1 Å². The lowest BCUT2D eigenvalue weighted by molar-refractivity contribution is -0.0580. The van der Waals surface area contributed by atoms with E-state index in [2.05, 4.69) is 61.6 Å². The first kappa shape index (κ1) is 29.8. The summed E-state index contributed by atoms with van der Waals surface area (Å²) in [5, 5.41) is 0.0936. The molecular weight excluding hydrogens is 520 g/mol. The highest BCUT2D eigenvalue weighted by Gasteiger charge is 2.54. The third kappa shape index (κ3) is 5.11. The maximum Gasteiger partial charge on any atom is 0.270 e. The highest BCUT2D eigenvalue weighted by atomic mass is 28.4. The number of rotatable bonds is 5. The van der Waals surface area contributed by atoms with Gasteiger partial charge >= 0.3 is 0 Å². The summed E-state index contributed by atoms with van der Waals surface area (Å²) in [6.45, 7) is 21.7. The second-order valence-corrected chi connectivity index (χ2v) is 20.2. The maximum atomic E-state index is 14.1. The smallest absolute Gasteiger partial charge is 0.270 e. The Kier molecular flexibility index (Phi) is 7.24. The summed E-state index contributed by atoms with van der Waals surface area (Å²) in [4.78, 5) is 5.45. The quantitative estimate of drug-likeness (QED) is 0.336. The van der Waals surface area contributed by atoms with E-state index in [9.17, 15) is 8.78 Å². The van der Waals surface area contributed by atoms with Crippen molar-refractivity contribution in [3.05, 3.63) is 63.5 Å². The Morgan fingerprint density at radius 1 is 1.00 bits per heavy atom. The highest BCUT2D eigenvalue weighted by molar-refractivity contribution is 6.74. The van der Waals surface area contributed by atoms with Crippen molar-refractivity contribution >= 4 is 8.32 Å². The minimum absolute atomic E-state index is 0.0249. The largest absolute Gasteiger partial charge is 0.410 e. The minimum Gasteiger partial charge on any atom is -0.410 e. The molecule has 0 N–H and O–H groups in total. The van der Waals surface area contributed by atoms with Crippen molar-refractivity contribution in [2.45, 2.75) is 142 Å². The first-order valence-corrected chi connectivity index (χ1v) is 18.2. The Morgan fingerprint density at radius 3 is 2.12 bits per heavy atom. The SMILES string of the molecule is CC(C)c1nc2c(c3c1C(c1ccc(C(C)(F)F)cc1)OC31CCCC1)[C@@H](O[Si](C)(C)C(C)(C)C)CC(C)(C)C2. The number of fused-ring (bicyclic) bond motifs is 4. The van der Waals surface area contributed by atoms with E-state index in [4.69, 9.17) is 14.1 Å². The second-order valence-electron chi connectivity index (χ2n) is 15.4. The van der Waals surface area contributed by atoms with E-state index in [-0.39, 0.29) is 39.7 Å². The molecule has 1 spiro atoms. The molecule has 40 heavy (non-hydrogen) atoms. The van der Waals surface area contributed by atoms with Crippen LogP contribution < -0.4 is 0 Å². The predicted octanol–water partition coefficient (Wildman–Crippen LogP) is 10.2. The molecule has 1 aromatic heterocycles. The Hall–Kier alpha value is -1.63. The molecule has 3 aliphatic rings. The van der Waals surface area contributed by atoms with Crippen molar-refractivity contribution in [3.8, 4) is 0 Å². The molecular formula is C34H49F2NO2Si. The molecule has 5 rings (SSSR count). The Labute approximate surface area is 241 Å². The van der Waals surface area contributed by atoms with Gasteiger partial charge in [-0.25, -0.2) is 8.78 Å². The monoisotopic (exact) mass is 569 g/mol. The van der Waals surface area contributed by atoms with E-state index >= 15 is 0 Å². The lowest BCUT2D eigenvalue weighted by atomic mass is 9.70. The highest BCUT2D eigenvalue weighted by Crippen LogP contribution is 2.60. The zero-order valence-electron chi connectivity index (χ0n) is 26.3. The van der Waals surface area contributed by atoms with Crippen LogP contribution in [-0.2, 0) is 27.1 Å². The molecule has 2 atom stereocenters. The summed E-state index contributed by atoms with van der Waals surface area (Å²) >= 11 is 0. The van der Waals surface area contributed by atoms with Crippen LogP contribution in [0.3, 0.4) is 0 Å². The standard InChI is InChI=1S/C34H49F2NO2Si/c1-21(2)29-27-28(26-24(37-29)19-32(6,7)20-25(26)39-40(9,10)31(3,4)5)34(17-11-12-18-34)38-30(27)22-13-15-23(16-14-22)33(8,35)36/h13-16,21,25,30H,11-12,17-20H2,1-10H3/t25-,30?/m0/s1. The van der Waals surface area contributed by atoms with Gasteiger partial charge in [-0.2, -0.15) is 0 Å². The van der Waals surface area contributed by atoms with Crippen LogP contribution in [-0.4, -0.2) is 13.3 Å². The molecule has 1 saturated carbocycles. The van der Waals surface area contributed by atoms with Gasteiger partial charge in [0.15, 0.2) is 8.32 Å². The number of hydrogen-bond donors (Lipinski definition) is 0. The zero-order valence-corrected chi connectivity index (χ0v) is 27.3. The minimum atomic E-state index is -2.87. The summed E-state index contributed by atoms with van der Waals surface area (Å²) < 4.78 is 42.6. The Balaban J connectivity index is 1.75. The summed E-state index contributed by atoms with van der Waals surface area (Å²) in [5.74, 6) is -2.66. The van der Waals surface area contributed by atoms with Crippen molar-refractivity contribution in [1.82, 2.24) is 4.98 Å². The zero-order chi connectivity index (χ0) is 29.5. The number of hydrogen-bond acceptors (Lipinski definition) is 3. The number of halogens is 2. The van der Waals surface area contributed by atoms with Crippen LogP contribution in [0, 0.1) is 5.41 Å². The maximum absolute atomic E-state index is 14.1. The van der Waals surface area contributed by atoms with E-state index in [1.54, 1.807) is 12.1 Å². The molecule has 1 aliphatic heterocycles. The molecule has 1 unspecified atom stereocenters. The van der Waals surface area contributed by atoms with Crippen LogP contribution in [0.2, 0.25) is 18.1 Å². The number of benzene rings is 1. The van der Waals surface area contributed by atoms with E-state index in [0.29, 0.717) is 0 Å². The third-order valence-electron chi connectivity index (χ3n) is 10.1. The molecule has 2 aromatic rings. The summed E-state index contributed by atoms with van der Waals surface area (Å²) in [6.07, 6.45) is 5.75. The van der Waals surface area contributed by atoms with Gasteiger partial charge in [-0.3, -0.25) is 4.98 Å². The third-order valence-corrected chi connectivity index (χ3v) is 14.6. The van der Waals surface area contributed by atoms with Crippen molar-refractivity contribution in [1.29, 1.82) is 0 Å². The topological polar surface area (TPSA) is 31.4 Å². The molecule has 0 amide bonds. The van der Waals surface area contributed by atoms with Crippen molar-refractivity contribution in [2.75, 3.05) is 0 Å². The molecule has 2 aliphatic carbocycles. The first-order chi connectivity index (χ1) is 18.4. The fourth-order valence-electron chi connectivity index (χ4n) is 6.97. The average Bonchev–Trinajstić information content (AvgIpc) is 3.41. The van der Waals surface area contributed by atoms with Crippen LogP contribution >= 0.6 is 0 Å². The number of nitrogens with zero attached hydrogens (tertiary/aromatic N) is 1. The molecule has 0 saturated heterocycles. The molecule has 0 radical (unpaired) electrons. The number of alkyl halides is 2. The van der Waals surface area contributed by atoms with Gasteiger partial charge in [0.05, 0.1) is 11.7 Å². The first-order valence-electron chi connectivity index (χ1n) is 15.3. The van der Waals surface area contributed by atoms with Gasteiger partial charge in [-0.05, 0) is 66.3 Å². The Morgan fingerprint density at radius 2 is 1.60 bits per heavy atom. The molecule has 0 bridgehead atoms. The van der Waals surface area contributed by atoms with Crippen LogP contribution in [0.25, 0.3) is 0 Å². The van der Waals surface area contributed by atoms with E-state index < -0.39 is 14.2 Å². The summed E-state index contributed by atoms with van der Waals surface area (Å²) in [7, 11) is -2.09. The van der Waals surface area contributed by atoms with Crippen molar-refractivity contribution < 1.29 is 17.9 Å². The molecule has 220 valence electrons. The van der Waals surface area contributed by atoms with E-state index in [0.717, 1.165) is 56.7 Å². The Bertz CT molecular complexity index is 1260. The van der Waals surface area contributed by atoms with Crippen LogP contribution in [0.5, 0.6) is 0 Å². The lowest BCUT2D eigenvalue weighted by Crippen LogP contribution is -2.44. The van der Waals surface area contributed by atoms with Gasteiger partial charge < -0.3 is 9.16 Å². The second kappa shape index (κ2) is 9.70. The van der Waals surface area contributed by atoms with Gasteiger partial charge in [-0.15, -0.1) is 0 Å². The van der Waals surface area contributed by atoms with Crippen molar-refractivity contribution in [2.24, 2.45) is 5.41 Å². The summed E-state index contributed by atoms with van der Waals surface area (Å²) in [5.41, 5.74) is 6.73. The van der Waals surface area contributed by atoms with Gasteiger partial charge in [0.25, 0.3) is 5.92 Å². The fraction of sp³-hybridized carbons (Fsp3) is 0.676. The normalized spacial score (nSPS) is 24.0. The van der Waals surface area contributed by atoms with Crippen molar-refractivity contribution in [3.63, 3.8) is 0 Å². The van der Waals surface area contributed by atoms with Crippen LogP contribution in [0.15, 0.2) is 24.3 Å². The number of aromatic nitrogens is 1.